The van der Waals surface area contributed by atoms with E-state index in [0.29, 0.717) is 28.6 Å². The molecule has 0 aliphatic heterocycles. The van der Waals surface area contributed by atoms with E-state index in [1.54, 1.807) is 32.2 Å². The lowest BCUT2D eigenvalue weighted by molar-refractivity contribution is 0.0954. The normalized spacial score (nSPS) is 10.2. The first-order chi connectivity index (χ1) is 9.11. The third-order valence-electron chi connectivity index (χ3n) is 2.60. The van der Waals surface area contributed by atoms with E-state index in [4.69, 9.17) is 10.5 Å². The number of nitrogen functional groups attached to an aromatic ring is 1. The molecule has 0 fully saturated rings. The number of carbonyl (C=O) groups excluding carboxylic acids is 1. The number of aryl methyl sites for hydroxylation is 1. The molecule has 0 unspecified atom stereocenters. The third-order valence-corrected chi connectivity index (χ3v) is 3.43. The summed E-state index contributed by atoms with van der Waals surface area (Å²) in [6.45, 7) is 2.09. The number of aromatic nitrogens is 2. The highest BCUT2D eigenvalue weighted by Gasteiger charge is 2.13. The summed E-state index contributed by atoms with van der Waals surface area (Å²) in [6.07, 6.45) is 0. The summed E-state index contributed by atoms with van der Waals surface area (Å²) in [7, 11) is 1.58. The van der Waals surface area contributed by atoms with Crippen molar-refractivity contribution in [2.45, 2.75) is 13.5 Å². The molecule has 3 N–H and O–H groups in total. The molecule has 1 aromatic heterocycles. The number of ether oxygens (including phenoxy) is 1. The molecule has 2 aromatic rings. The molecule has 0 aliphatic carbocycles. The topological polar surface area (TPSA) is 90.1 Å². The molecule has 0 bridgehead atoms. The van der Waals surface area contributed by atoms with E-state index in [9.17, 15) is 4.79 Å². The summed E-state index contributed by atoms with van der Waals surface area (Å²) in [5.41, 5.74) is 7.80. The Bertz CT molecular complexity index is 597. The van der Waals surface area contributed by atoms with Crippen molar-refractivity contribution in [2.24, 2.45) is 0 Å². The van der Waals surface area contributed by atoms with Crippen molar-refractivity contribution in [1.82, 2.24) is 14.9 Å². The van der Waals surface area contributed by atoms with Crippen molar-refractivity contribution in [2.75, 3.05) is 12.8 Å². The number of hydrogen-bond donors (Lipinski definition) is 2. The van der Waals surface area contributed by atoms with Gasteiger partial charge in [-0.2, -0.15) is 0 Å². The number of nitrogens with two attached hydrogens (primary N) is 1. The molecule has 0 radical (unpaired) electrons. The number of benzene rings is 1. The van der Waals surface area contributed by atoms with Crippen LogP contribution in [0.1, 0.15) is 20.9 Å². The summed E-state index contributed by atoms with van der Waals surface area (Å²) in [6, 6.07) is 5.30. The Balaban J connectivity index is 2.09. The quantitative estimate of drug-likeness (QED) is 0.824. The average molecular weight is 278 g/mol. The first kappa shape index (κ1) is 13.3. The lowest BCUT2D eigenvalue weighted by Gasteiger charge is -2.10. The van der Waals surface area contributed by atoms with Gasteiger partial charge < -0.3 is 15.8 Å². The van der Waals surface area contributed by atoms with E-state index in [1.165, 1.54) is 0 Å². The molecule has 0 saturated carbocycles. The maximum absolute atomic E-state index is 11.9. The Labute approximate surface area is 114 Å². The maximum Gasteiger partial charge on any atom is 0.265 e. The second kappa shape index (κ2) is 5.66. The SMILES string of the molecule is COc1ccc(N)cc1CNC(=O)c1snnc1C. The first-order valence-corrected chi connectivity index (χ1v) is 6.38. The van der Waals surface area contributed by atoms with E-state index in [2.05, 4.69) is 14.9 Å². The van der Waals surface area contributed by atoms with Gasteiger partial charge in [-0.1, -0.05) is 4.49 Å². The number of rotatable bonds is 4. The van der Waals surface area contributed by atoms with Crippen molar-refractivity contribution < 1.29 is 9.53 Å². The van der Waals surface area contributed by atoms with Gasteiger partial charge in [0.25, 0.3) is 5.91 Å². The summed E-state index contributed by atoms with van der Waals surface area (Å²) in [5.74, 6) is 0.491. The van der Waals surface area contributed by atoms with Gasteiger partial charge in [0, 0.05) is 17.8 Å². The number of nitrogens with one attached hydrogen (secondary N) is 1. The van der Waals surface area contributed by atoms with Gasteiger partial charge in [0.1, 0.15) is 10.6 Å². The molecule has 19 heavy (non-hydrogen) atoms. The molecule has 0 aliphatic rings. The lowest BCUT2D eigenvalue weighted by Crippen LogP contribution is -2.23. The van der Waals surface area contributed by atoms with Crippen LogP contribution in [0.15, 0.2) is 18.2 Å². The second-order valence-corrected chi connectivity index (χ2v) is 4.70. The standard InChI is InChI=1S/C12H14N4O2S/c1-7-11(19-16-15-7)12(17)14-6-8-5-9(13)3-4-10(8)18-2/h3-5H,6,13H2,1-2H3,(H,14,17). The van der Waals surface area contributed by atoms with E-state index < -0.39 is 0 Å². The van der Waals surface area contributed by atoms with Crippen molar-refractivity contribution in [1.29, 1.82) is 0 Å². The van der Waals surface area contributed by atoms with Crippen LogP contribution in [0.25, 0.3) is 0 Å². The van der Waals surface area contributed by atoms with Crippen LogP contribution in [0.3, 0.4) is 0 Å². The van der Waals surface area contributed by atoms with Crippen LogP contribution in [0, 0.1) is 6.92 Å². The van der Waals surface area contributed by atoms with Crippen molar-refractivity contribution in [3.63, 3.8) is 0 Å². The van der Waals surface area contributed by atoms with Gasteiger partial charge in [0.05, 0.1) is 12.8 Å². The van der Waals surface area contributed by atoms with Gasteiger partial charge in [-0.25, -0.2) is 0 Å². The Kier molecular flexibility index (Phi) is 3.96. The monoisotopic (exact) mass is 278 g/mol. The van der Waals surface area contributed by atoms with Gasteiger partial charge in [-0.05, 0) is 36.7 Å². The fourth-order valence-corrected chi connectivity index (χ4v) is 2.21. The van der Waals surface area contributed by atoms with Crippen LogP contribution in [-0.4, -0.2) is 22.6 Å². The zero-order valence-electron chi connectivity index (χ0n) is 10.6. The van der Waals surface area contributed by atoms with E-state index in [-0.39, 0.29) is 5.91 Å². The van der Waals surface area contributed by atoms with E-state index in [1.807, 2.05) is 0 Å². The van der Waals surface area contributed by atoms with Crippen LogP contribution in [0.4, 0.5) is 5.69 Å². The zero-order valence-corrected chi connectivity index (χ0v) is 11.5. The number of hydrogen-bond acceptors (Lipinski definition) is 6. The fourth-order valence-electron chi connectivity index (χ4n) is 1.63. The van der Waals surface area contributed by atoms with E-state index >= 15 is 0 Å². The van der Waals surface area contributed by atoms with Crippen molar-refractivity contribution in [3.8, 4) is 5.75 Å². The Hall–Kier alpha value is -2.15. The molecule has 2 rings (SSSR count). The average Bonchev–Trinajstić information content (AvgIpc) is 2.82. The number of anilines is 1. The summed E-state index contributed by atoms with van der Waals surface area (Å²) < 4.78 is 8.95. The van der Waals surface area contributed by atoms with Gasteiger partial charge in [0.2, 0.25) is 0 Å². The largest absolute Gasteiger partial charge is 0.496 e. The van der Waals surface area contributed by atoms with Crippen molar-refractivity contribution >= 4 is 23.1 Å². The summed E-state index contributed by atoms with van der Waals surface area (Å²) in [5, 5.41) is 6.60. The van der Waals surface area contributed by atoms with Crippen LogP contribution in [0.2, 0.25) is 0 Å². The summed E-state index contributed by atoms with van der Waals surface area (Å²) in [4.78, 5) is 12.4. The van der Waals surface area contributed by atoms with Gasteiger partial charge >= 0.3 is 0 Å². The molecule has 0 saturated heterocycles. The highest BCUT2D eigenvalue weighted by molar-refractivity contribution is 7.07. The number of amides is 1. The van der Waals surface area contributed by atoms with Crippen LogP contribution >= 0.6 is 11.5 Å². The first-order valence-electron chi connectivity index (χ1n) is 5.61. The molecular formula is C12H14N4O2S. The molecule has 6 nitrogen and oxygen atoms in total. The lowest BCUT2D eigenvalue weighted by atomic mass is 10.1. The molecule has 1 aromatic carbocycles. The van der Waals surface area contributed by atoms with Gasteiger partial charge in [-0.3, -0.25) is 4.79 Å². The smallest absolute Gasteiger partial charge is 0.265 e. The number of methoxy groups -OCH3 is 1. The minimum Gasteiger partial charge on any atom is -0.496 e. The molecular weight excluding hydrogens is 264 g/mol. The van der Waals surface area contributed by atoms with Crippen LogP contribution in [-0.2, 0) is 6.54 Å². The highest BCUT2D eigenvalue weighted by atomic mass is 32.1. The molecule has 1 heterocycles. The van der Waals surface area contributed by atoms with Crippen LogP contribution in [0.5, 0.6) is 5.75 Å². The molecule has 0 atom stereocenters. The third kappa shape index (κ3) is 3.00. The molecule has 7 heteroatoms. The Morgan fingerprint density at radius 2 is 2.32 bits per heavy atom. The highest BCUT2D eigenvalue weighted by Crippen LogP contribution is 2.21. The van der Waals surface area contributed by atoms with Crippen molar-refractivity contribution in [3.05, 3.63) is 34.3 Å². The van der Waals surface area contributed by atoms with Gasteiger partial charge in [0.15, 0.2) is 0 Å². The van der Waals surface area contributed by atoms with Crippen LogP contribution < -0.4 is 15.8 Å². The maximum atomic E-state index is 11.9. The van der Waals surface area contributed by atoms with E-state index in [0.717, 1.165) is 17.1 Å². The van der Waals surface area contributed by atoms with Gasteiger partial charge in [-0.15, -0.1) is 5.10 Å². The summed E-state index contributed by atoms with van der Waals surface area (Å²) >= 11 is 1.08. The number of carbonyl (C=O) groups is 1. The predicted octanol–water partition coefficient (Wildman–Crippen LogP) is 1.37. The minimum absolute atomic E-state index is 0.197. The zero-order chi connectivity index (χ0) is 13.8. The Morgan fingerprint density at radius 1 is 1.53 bits per heavy atom. The minimum atomic E-state index is -0.197. The molecule has 1 amide bonds. The number of nitrogens with zero attached hydrogens (tertiary/aromatic N) is 2. The fraction of sp³-hybridized carbons (Fsp3) is 0.250. The molecule has 0 spiro atoms. The predicted molar refractivity (Wildman–Crippen MR) is 73.2 cm³/mol. The second-order valence-electron chi connectivity index (χ2n) is 3.94. The Morgan fingerprint density at radius 3 is 2.95 bits per heavy atom. The molecule has 100 valence electrons.